The second kappa shape index (κ2) is 12.3. The van der Waals surface area contributed by atoms with Crippen LogP contribution in [0.25, 0.3) is 0 Å². The molecular formula is C32H46N4O7. The molecule has 0 aromatic heterocycles. The van der Waals surface area contributed by atoms with Gasteiger partial charge in [-0.1, -0.05) is 44.3 Å². The van der Waals surface area contributed by atoms with E-state index in [1.54, 1.807) is 13.8 Å². The number of terminal acetylenes is 1. The Kier molecular flexibility index (Phi) is 9.31. The van der Waals surface area contributed by atoms with Gasteiger partial charge in [0.05, 0.1) is 12.1 Å². The van der Waals surface area contributed by atoms with Gasteiger partial charge in [-0.2, -0.15) is 0 Å². The van der Waals surface area contributed by atoms with Crippen molar-refractivity contribution in [3.8, 4) is 12.3 Å². The maximum Gasteiger partial charge on any atom is 0.326 e. The number of aliphatic hydroxyl groups is 1. The SMILES string of the molecule is C#C[C@@]1(O)CC[C@@H]2[C@@H]3CCC4=C/C(=N\OCC(=O)N[C@H](C(=O)N[C@H](CC(N)=O)C(=O)O)C(C)C)CC[C@]4(C)[C@@H]3CC[C@@]21C. The molecule has 0 spiro atoms. The number of nitrogens with zero attached hydrogens (tertiary/aromatic N) is 1. The smallest absolute Gasteiger partial charge is 0.326 e. The predicted molar refractivity (Wildman–Crippen MR) is 159 cm³/mol. The molecule has 0 aromatic carbocycles. The lowest BCUT2D eigenvalue weighted by molar-refractivity contribution is -0.144. The van der Waals surface area contributed by atoms with E-state index >= 15 is 0 Å². The lowest BCUT2D eigenvalue weighted by Gasteiger charge is -2.58. The second-order valence-electron chi connectivity index (χ2n) is 13.7. The van der Waals surface area contributed by atoms with Gasteiger partial charge in [0, 0.05) is 5.41 Å². The van der Waals surface area contributed by atoms with Gasteiger partial charge in [0.25, 0.3) is 5.91 Å². The molecule has 0 unspecified atom stereocenters. The molecule has 3 amide bonds. The van der Waals surface area contributed by atoms with Crippen LogP contribution in [0.1, 0.15) is 85.5 Å². The minimum Gasteiger partial charge on any atom is -0.480 e. The van der Waals surface area contributed by atoms with Crippen molar-refractivity contribution in [2.24, 2.45) is 45.4 Å². The summed E-state index contributed by atoms with van der Waals surface area (Å²) >= 11 is 0. The highest BCUT2D eigenvalue weighted by Crippen LogP contribution is 2.67. The number of nitrogens with two attached hydrogens (primary N) is 1. The topological polar surface area (TPSA) is 180 Å². The highest BCUT2D eigenvalue weighted by molar-refractivity contribution is 5.96. The molecule has 11 nitrogen and oxygen atoms in total. The van der Waals surface area contributed by atoms with E-state index in [0.717, 1.165) is 44.2 Å². The molecule has 4 rings (SSSR count). The zero-order valence-corrected chi connectivity index (χ0v) is 25.7. The summed E-state index contributed by atoms with van der Waals surface area (Å²) < 4.78 is 0. The molecule has 0 aliphatic heterocycles. The van der Waals surface area contributed by atoms with E-state index in [9.17, 15) is 29.4 Å². The number of amides is 3. The van der Waals surface area contributed by atoms with Gasteiger partial charge in [-0.05, 0) is 86.5 Å². The molecular weight excluding hydrogens is 552 g/mol. The summed E-state index contributed by atoms with van der Waals surface area (Å²) in [6.45, 7) is 7.54. The van der Waals surface area contributed by atoms with Gasteiger partial charge in [-0.15, -0.1) is 6.42 Å². The van der Waals surface area contributed by atoms with E-state index in [1.807, 2.05) is 0 Å². The molecule has 0 bridgehead atoms. The standard InChI is InChI=1S/C32H46N4O7/c1-6-32(42)14-11-23-21-8-7-19-15-20(9-12-30(19,4)22(21)10-13-31(23,32)5)36-43-17-26(38)35-27(18(2)3)28(39)34-24(29(40)41)16-25(33)37/h1,15,18,21-24,27,42H,7-14,16-17H2,2-5H3,(H2,33,37)(H,34,39)(H,35,38)(H,40,41)/b36-20-/t21-,22-,23-,24-,27+,30+,31+,32-/m1/s1. The first-order chi connectivity index (χ1) is 20.1. The summed E-state index contributed by atoms with van der Waals surface area (Å²) in [4.78, 5) is 53.2. The van der Waals surface area contributed by atoms with E-state index in [1.165, 1.54) is 5.57 Å². The normalized spacial score (nSPS) is 35.3. The number of oxime groups is 1. The molecule has 0 radical (unpaired) electrons. The summed E-state index contributed by atoms with van der Waals surface area (Å²) in [5.41, 5.74) is 6.03. The number of carboxylic acid groups (broad SMARTS) is 1. The van der Waals surface area contributed by atoms with Gasteiger partial charge < -0.3 is 31.4 Å². The number of rotatable bonds is 10. The monoisotopic (exact) mass is 598 g/mol. The molecule has 4 aliphatic carbocycles. The number of primary amides is 1. The number of aliphatic carboxylic acids is 1. The van der Waals surface area contributed by atoms with Crippen molar-refractivity contribution in [2.75, 3.05) is 6.61 Å². The van der Waals surface area contributed by atoms with Crippen molar-refractivity contribution in [2.45, 2.75) is 103 Å². The van der Waals surface area contributed by atoms with Gasteiger partial charge in [0.2, 0.25) is 11.8 Å². The third kappa shape index (κ3) is 6.17. The van der Waals surface area contributed by atoms with Crippen LogP contribution in [0.15, 0.2) is 16.8 Å². The van der Waals surface area contributed by atoms with Crippen LogP contribution in [0.3, 0.4) is 0 Å². The maximum atomic E-state index is 12.7. The first-order valence-electron chi connectivity index (χ1n) is 15.4. The highest BCUT2D eigenvalue weighted by Gasteiger charge is 2.63. The summed E-state index contributed by atoms with van der Waals surface area (Å²) in [5.74, 6) is 0.285. The molecule has 8 atom stereocenters. The van der Waals surface area contributed by atoms with Crippen molar-refractivity contribution < 1.29 is 34.2 Å². The third-order valence-electron chi connectivity index (χ3n) is 11.0. The molecule has 0 saturated heterocycles. The molecule has 4 aliphatic rings. The highest BCUT2D eigenvalue weighted by atomic mass is 16.6. The van der Waals surface area contributed by atoms with Crippen LogP contribution in [0.5, 0.6) is 0 Å². The van der Waals surface area contributed by atoms with Crippen LogP contribution in [0, 0.1) is 46.8 Å². The van der Waals surface area contributed by atoms with Crippen molar-refractivity contribution in [3.05, 3.63) is 11.6 Å². The number of carboxylic acids is 1. The van der Waals surface area contributed by atoms with E-state index < -0.39 is 54.4 Å². The van der Waals surface area contributed by atoms with Crippen LogP contribution in [0.4, 0.5) is 0 Å². The Morgan fingerprint density at radius 2 is 1.81 bits per heavy atom. The van der Waals surface area contributed by atoms with Gasteiger partial charge in [0.15, 0.2) is 6.61 Å². The fraction of sp³-hybridized carbons (Fsp3) is 0.719. The van der Waals surface area contributed by atoms with Crippen molar-refractivity contribution in [1.29, 1.82) is 0 Å². The Morgan fingerprint density at radius 3 is 2.44 bits per heavy atom. The Balaban J connectivity index is 1.35. The van der Waals surface area contributed by atoms with Crippen LogP contribution >= 0.6 is 0 Å². The molecule has 43 heavy (non-hydrogen) atoms. The number of carbonyl (C=O) groups is 4. The number of hydrogen-bond donors (Lipinski definition) is 5. The molecule has 11 heteroatoms. The number of hydrogen-bond acceptors (Lipinski definition) is 7. The zero-order chi connectivity index (χ0) is 31.7. The van der Waals surface area contributed by atoms with E-state index in [-0.39, 0.29) is 16.7 Å². The van der Waals surface area contributed by atoms with Gasteiger partial charge >= 0.3 is 5.97 Å². The number of carbonyl (C=O) groups excluding carboxylic acids is 3. The number of fused-ring (bicyclic) bond motifs is 5. The minimum absolute atomic E-state index is 0.0532. The van der Waals surface area contributed by atoms with Crippen LogP contribution in [0.2, 0.25) is 0 Å². The largest absolute Gasteiger partial charge is 0.480 e. The first kappa shape index (κ1) is 32.5. The summed E-state index contributed by atoms with van der Waals surface area (Å²) in [7, 11) is 0. The summed E-state index contributed by atoms with van der Waals surface area (Å²) in [6.07, 6.45) is 14.7. The Bertz CT molecular complexity index is 1250. The van der Waals surface area contributed by atoms with Crippen molar-refractivity contribution in [1.82, 2.24) is 10.6 Å². The Labute approximate surface area is 253 Å². The lowest BCUT2D eigenvalue weighted by atomic mass is 9.46. The summed E-state index contributed by atoms with van der Waals surface area (Å²) in [5, 5.41) is 29.6. The van der Waals surface area contributed by atoms with Gasteiger partial charge in [0.1, 0.15) is 17.7 Å². The van der Waals surface area contributed by atoms with E-state index in [0.29, 0.717) is 30.6 Å². The molecule has 0 aromatic rings. The second-order valence-corrected chi connectivity index (χ2v) is 13.7. The molecule has 3 fully saturated rings. The average molecular weight is 599 g/mol. The maximum absolute atomic E-state index is 12.7. The fourth-order valence-corrected chi connectivity index (χ4v) is 8.48. The third-order valence-corrected chi connectivity index (χ3v) is 11.0. The van der Waals surface area contributed by atoms with Gasteiger partial charge in [-0.3, -0.25) is 14.4 Å². The molecule has 0 heterocycles. The van der Waals surface area contributed by atoms with Crippen molar-refractivity contribution >= 4 is 29.4 Å². The number of nitrogens with one attached hydrogen (secondary N) is 2. The number of allylic oxidation sites excluding steroid dienone is 2. The predicted octanol–water partition coefficient (Wildman–Crippen LogP) is 2.27. The molecule has 3 saturated carbocycles. The molecule has 6 N–H and O–H groups in total. The lowest BCUT2D eigenvalue weighted by Crippen LogP contribution is -2.54. The fourth-order valence-electron chi connectivity index (χ4n) is 8.48. The first-order valence-corrected chi connectivity index (χ1v) is 15.4. The van der Waals surface area contributed by atoms with Crippen LogP contribution < -0.4 is 16.4 Å². The Morgan fingerprint density at radius 1 is 1.12 bits per heavy atom. The minimum atomic E-state index is -1.49. The Hall–Kier alpha value is -3.39. The van der Waals surface area contributed by atoms with E-state index in [4.69, 9.17) is 17.0 Å². The molecule has 236 valence electrons. The van der Waals surface area contributed by atoms with Crippen molar-refractivity contribution in [3.63, 3.8) is 0 Å². The quantitative estimate of drug-likeness (QED) is 0.189. The zero-order valence-electron chi connectivity index (χ0n) is 25.7. The van der Waals surface area contributed by atoms with Crippen LogP contribution in [-0.4, -0.2) is 63.9 Å². The average Bonchev–Trinajstić information content (AvgIpc) is 3.21. The summed E-state index contributed by atoms with van der Waals surface area (Å²) in [6, 6.07) is -2.53. The van der Waals surface area contributed by atoms with Crippen LogP contribution in [-0.2, 0) is 24.0 Å². The van der Waals surface area contributed by atoms with Gasteiger partial charge in [-0.25, -0.2) is 4.79 Å². The van der Waals surface area contributed by atoms with E-state index in [2.05, 4.69) is 41.6 Å².